The Morgan fingerprint density at radius 3 is 2.14 bits per heavy atom. The summed E-state index contributed by atoms with van der Waals surface area (Å²) in [5.74, 6) is -1.96. The SMILES string of the molecule is COc1cccc(CC(=O)N(CCCc2ccccc2)Cc2cccc(-c3cccc(C(=O)NCCN4CCCC4)c3)c2)c1.O=C(O)C(F)(F)F. The van der Waals surface area contributed by atoms with Crippen LogP contribution in [0.5, 0.6) is 5.75 Å². The molecule has 1 fully saturated rings. The quantitative estimate of drug-likeness (QED) is 0.147. The van der Waals surface area contributed by atoms with Crippen LogP contribution in [0.2, 0.25) is 0 Å². The summed E-state index contributed by atoms with van der Waals surface area (Å²) in [5.41, 5.74) is 5.93. The minimum Gasteiger partial charge on any atom is -0.497 e. The highest BCUT2D eigenvalue weighted by molar-refractivity contribution is 5.95. The van der Waals surface area contributed by atoms with E-state index in [1.54, 1.807) is 7.11 Å². The molecule has 0 aromatic heterocycles. The summed E-state index contributed by atoms with van der Waals surface area (Å²) in [4.78, 5) is 39.8. The lowest BCUT2D eigenvalue weighted by Crippen LogP contribution is -2.33. The molecule has 0 atom stereocenters. The lowest BCUT2D eigenvalue weighted by molar-refractivity contribution is -0.192. The van der Waals surface area contributed by atoms with E-state index in [4.69, 9.17) is 14.6 Å². The van der Waals surface area contributed by atoms with Crippen molar-refractivity contribution in [2.75, 3.05) is 39.8 Å². The van der Waals surface area contributed by atoms with E-state index in [0.717, 1.165) is 60.5 Å². The summed E-state index contributed by atoms with van der Waals surface area (Å²) in [6.07, 6.45) is -0.482. The van der Waals surface area contributed by atoms with Gasteiger partial charge in [0.1, 0.15) is 5.75 Å². The zero-order chi connectivity index (χ0) is 36.6. The Bertz CT molecular complexity index is 1730. The van der Waals surface area contributed by atoms with Crippen molar-refractivity contribution in [1.82, 2.24) is 15.1 Å². The van der Waals surface area contributed by atoms with Crippen LogP contribution in [-0.4, -0.2) is 78.7 Å². The maximum Gasteiger partial charge on any atom is 0.490 e. The van der Waals surface area contributed by atoms with Crippen molar-refractivity contribution in [3.05, 3.63) is 125 Å². The monoisotopic (exact) mass is 703 g/mol. The first-order valence-corrected chi connectivity index (χ1v) is 17.0. The van der Waals surface area contributed by atoms with Crippen LogP contribution in [0.15, 0.2) is 103 Å². The molecule has 5 rings (SSSR count). The molecule has 4 aromatic rings. The molecule has 0 radical (unpaired) electrons. The Morgan fingerprint density at radius 2 is 1.45 bits per heavy atom. The van der Waals surface area contributed by atoms with Crippen molar-refractivity contribution in [2.45, 2.75) is 44.8 Å². The second-order valence-electron chi connectivity index (χ2n) is 12.3. The van der Waals surface area contributed by atoms with Crippen molar-refractivity contribution in [3.8, 4) is 16.9 Å². The number of likely N-dealkylation sites (tertiary alicyclic amines) is 1. The zero-order valence-corrected chi connectivity index (χ0v) is 28.7. The number of hydrogen-bond donors (Lipinski definition) is 2. The highest BCUT2D eigenvalue weighted by Gasteiger charge is 2.38. The van der Waals surface area contributed by atoms with E-state index < -0.39 is 12.1 Å². The Morgan fingerprint density at radius 1 is 0.824 bits per heavy atom. The minimum absolute atomic E-state index is 0.0464. The van der Waals surface area contributed by atoms with Crippen LogP contribution >= 0.6 is 0 Å². The highest BCUT2D eigenvalue weighted by atomic mass is 19.4. The lowest BCUT2D eigenvalue weighted by atomic mass is 10.0. The van der Waals surface area contributed by atoms with Crippen molar-refractivity contribution in [2.24, 2.45) is 0 Å². The summed E-state index contributed by atoms with van der Waals surface area (Å²) in [6, 6.07) is 34.2. The standard InChI is InChI=1S/C38H43N3O3.C2HF3O2/c1-44-36-19-8-13-31(26-36)27-37(42)41(23-10-15-30-11-3-2-4-12-30)29-32-14-7-16-33(25-32)34-17-9-18-35(28-34)38(43)39-20-24-40-21-5-6-22-40;3-2(4,5)1(6)7/h2-4,7-9,11-14,16-19,25-26,28H,5-6,10,15,20-24,27,29H2,1H3,(H,39,43);(H,6,7). The summed E-state index contributed by atoms with van der Waals surface area (Å²) in [6.45, 7) is 4.98. The van der Waals surface area contributed by atoms with Gasteiger partial charge in [0.2, 0.25) is 5.91 Å². The molecule has 0 aliphatic carbocycles. The van der Waals surface area contributed by atoms with Crippen LogP contribution in [0.3, 0.4) is 0 Å². The summed E-state index contributed by atoms with van der Waals surface area (Å²) < 4.78 is 37.1. The van der Waals surface area contributed by atoms with E-state index in [0.29, 0.717) is 31.6 Å². The fourth-order valence-electron chi connectivity index (χ4n) is 5.82. The molecule has 2 amide bonds. The smallest absolute Gasteiger partial charge is 0.490 e. The van der Waals surface area contributed by atoms with Crippen LogP contribution in [-0.2, 0) is 29.0 Å². The fourth-order valence-corrected chi connectivity index (χ4v) is 5.82. The maximum absolute atomic E-state index is 13.6. The van der Waals surface area contributed by atoms with Gasteiger partial charge in [-0.3, -0.25) is 9.59 Å². The molecule has 0 saturated carbocycles. The number of methoxy groups -OCH3 is 1. The molecule has 1 saturated heterocycles. The second kappa shape index (κ2) is 19.3. The second-order valence-corrected chi connectivity index (χ2v) is 12.3. The van der Waals surface area contributed by atoms with Gasteiger partial charge in [0.15, 0.2) is 0 Å². The van der Waals surface area contributed by atoms with Crippen molar-refractivity contribution in [1.29, 1.82) is 0 Å². The van der Waals surface area contributed by atoms with Gasteiger partial charge in [0.25, 0.3) is 5.91 Å². The molecule has 1 aliphatic heterocycles. The first kappa shape index (κ1) is 38.6. The molecular formula is C40H44F3N3O5. The first-order chi connectivity index (χ1) is 24.5. The summed E-state index contributed by atoms with van der Waals surface area (Å²) >= 11 is 0. The Balaban J connectivity index is 0.000000755. The molecule has 51 heavy (non-hydrogen) atoms. The third-order valence-corrected chi connectivity index (χ3v) is 8.49. The number of carboxylic acids is 1. The Kier molecular flexibility index (Phi) is 14.6. The molecule has 270 valence electrons. The largest absolute Gasteiger partial charge is 0.497 e. The molecule has 0 spiro atoms. The number of alkyl halides is 3. The third-order valence-electron chi connectivity index (χ3n) is 8.49. The number of ether oxygens (including phenoxy) is 1. The van der Waals surface area contributed by atoms with Gasteiger partial charge < -0.3 is 25.0 Å². The maximum atomic E-state index is 13.6. The normalized spacial score (nSPS) is 12.8. The summed E-state index contributed by atoms with van der Waals surface area (Å²) in [7, 11) is 1.64. The molecule has 4 aromatic carbocycles. The molecule has 1 heterocycles. The molecule has 0 bridgehead atoms. The van der Waals surface area contributed by atoms with E-state index in [2.05, 4.69) is 52.7 Å². The minimum atomic E-state index is -5.08. The highest BCUT2D eigenvalue weighted by Crippen LogP contribution is 2.23. The number of rotatable bonds is 14. The van der Waals surface area contributed by atoms with Crippen LogP contribution < -0.4 is 10.1 Å². The first-order valence-electron chi connectivity index (χ1n) is 17.0. The van der Waals surface area contributed by atoms with Gasteiger partial charge in [-0.25, -0.2) is 4.79 Å². The molecule has 11 heteroatoms. The lowest BCUT2D eigenvalue weighted by Gasteiger charge is -2.24. The molecule has 1 aliphatic rings. The van der Waals surface area contributed by atoms with Gasteiger partial charge in [-0.05, 0) is 96.9 Å². The van der Waals surface area contributed by atoms with E-state index in [1.807, 2.05) is 65.6 Å². The number of nitrogens with zero attached hydrogens (tertiary/aromatic N) is 2. The van der Waals surface area contributed by atoms with Crippen LogP contribution in [0.25, 0.3) is 11.1 Å². The zero-order valence-electron chi connectivity index (χ0n) is 28.7. The number of nitrogens with one attached hydrogen (secondary N) is 1. The average Bonchev–Trinajstić information content (AvgIpc) is 3.65. The predicted octanol–water partition coefficient (Wildman–Crippen LogP) is 7.03. The van der Waals surface area contributed by atoms with Gasteiger partial charge in [-0.15, -0.1) is 0 Å². The Labute approximate surface area is 296 Å². The van der Waals surface area contributed by atoms with Crippen LogP contribution in [0.4, 0.5) is 13.2 Å². The number of carboxylic acid groups (broad SMARTS) is 1. The molecule has 8 nitrogen and oxygen atoms in total. The number of aryl methyl sites for hydroxylation is 1. The van der Waals surface area contributed by atoms with Crippen LogP contribution in [0, 0.1) is 0 Å². The predicted molar refractivity (Wildman–Crippen MR) is 190 cm³/mol. The van der Waals surface area contributed by atoms with E-state index in [9.17, 15) is 22.8 Å². The summed E-state index contributed by atoms with van der Waals surface area (Å²) in [5, 5.41) is 10.2. The van der Waals surface area contributed by atoms with Gasteiger partial charge in [0, 0.05) is 31.7 Å². The number of halogens is 3. The third kappa shape index (κ3) is 12.9. The van der Waals surface area contributed by atoms with Crippen molar-refractivity contribution < 1.29 is 37.4 Å². The fraction of sp³-hybridized carbons (Fsp3) is 0.325. The molecule has 0 unspecified atom stereocenters. The number of hydrogen-bond acceptors (Lipinski definition) is 5. The Hall–Kier alpha value is -5.16. The van der Waals surface area contributed by atoms with Gasteiger partial charge >= 0.3 is 12.1 Å². The molecule has 2 N–H and O–H groups in total. The van der Waals surface area contributed by atoms with Gasteiger partial charge in [-0.1, -0.05) is 72.8 Å². The average molecular weight is 704 g/mol. The number of carbonyl (C=O) groups is 3. The molecular weight excluding hydrogens is 659 g/mol. The van der Waals surface area contributed by atoms with Crippen molar-refractivity contribution in [3.63, 3.8) is 0 Å². The van der Waals surface area contributed by atoms with Crippen LogP contribution in [0.1, 0.15) is 46.3 Å². The number of carbonyl (C=O) groups excluding carboxylic acids is 2. The van der Waals surface area contributed by atoms with Gasteiger partial charge in [0.05, 0.1) is 13.5 Å². The van der Waals surface area contributed by atoms with Crippen molar-refractivity contribution >= 4 is 17.8 Å². The van der Waals surface area contributed by atoms with E-state index >= 15 is 0 Å². The van der Waals surface area contributed by atoms with Gasteiger partial charge in [-0.2, -0.15) is 13.2 Å². The van der Waals surface area contributed by atoms with E-state index in [1.165, 1.54) is 18.4 Å². The number of amides is 2. The number of aliphatic carboxylic acids is 1. The van der Waals surface area contributed by atoms with E-state index in [-0.39, 0.29) is 11.8 Å². The topological polar surface area (TPSA) is 99.2 Å². The number of benzene rings is 4.